The van der Waals surface area contributed by atoms with Crippen molar-refractivity contribution in [3.05, 3.63) is 107 Å². The van der Waals surface area contributed by atoms with Gasteiger partial charge in [0.15, 0.2) is 0 Å². The number of carbonyl (C=O) groups excluding carboxylic acids is 1. The van der Waals surface area contributed by atoms with E-state index in [1.807, 2.05) is 31.2 Å². The summed E-state index contributed by atoms with van der Waals surface area (Å²) in [5.41, 5.74) is 11.8. The van der Waals surface area contributed by atoms with Gasteiger partial charge in [0.25, 0.3) is 0 Å². The number of carbonyl (C=O) groups is 1. The predicted octanol–water partition coefficient (Wildman–Crippen LogP) is 4.68. The number of hydrogen-bond acceptors (Lipinski definition) is 5. The second-order valence-electron chi connectivity index (χ2n) is 8.60. The summed E-state index contributed by atoms with van der Waals surface area (Å²) in [6, 6.07) is 19.9. The highest BCUT2D eigenvalue weighted by Crippen LogP contribution is 2.32. The first kappa shape index (κ1) is 22.5. The Morgan fingerprint density at radius 3 is 2.51 bits per heavy atom. The van der Waals surface area contributed by atoms with Crippen molar-refractivity contribution in [2.45, 2.75) is 19.9 Å². The summed E-state index contributed by atoms with van der Waals surface area (Å²) < 4.78 is 19.5. The van der Waals surface area contributed by atoms with Gasteiger partial charge in [0.1, 0.15) is 30.3 Å². The third-order valence-electron chi connectivity index (χ3n) is 6.27. The first-order valence-corrected chi connectivity index (χ1v) is 11.4. The molecule has 0 fully saturated rings. The molecule has 2 N–H and O–H groups in total. The fourth-order valence-electron chi connectivity index (χ4n) is 4.36. The van der Waals surface area contributed by atoms with Crippen molar-refractivity contribution in [2.75, 3.05) is 18.1 Å². The summed E-state index contributed by atoms with van der Waals surface area (Å²) in [5, 5.41) is 0. The van der Waals surface area contributed by atoms with Crippen molar-refractivity contribution in [2.24, 2.45) is 5.73 Å². The van der Waals surface area contributed by atoms with E-state index in [4.69, 9.17) is 10.5 Å². The maximum Gasteiger partial charge on any atom is 0.248 e. The van der Waals surface area contributed by atoms with E-state index in [0.717, 1.165) is 45.1 Å². The van der Waals surface area contributed by atoms with E-state index in [-0.39, 0.29) is 5.82 Å². The SMILES string of the molecule is Cc1ncnc(N2CCOc3ccc(-c4ccc(C(N)=O)cc4)cc3C2)c1Cc1ccc(F)cc1. The van der Waals surface area contributed by atoms with E-state index in [9.17, 15) is 9.18 Å². The molecule has 4 aromatic rings. The van der Waals surface area contributed by atoms with Gasteiger partial charge < -0.3 is 15.4 Å². The number of halogens is 1. The molecule has 2 heterocycles. The van der Waals surface area contributed by atoms with Gasteiger partial charge in [-0.2, -0.15) is 0 Å². The van der Waals surface area contributed by atoms with Gasteiger partial charge in [-0.3, -0.25) is 4.79 Å². The quantitative estimate of drug-likeness (QED) is 0.460. The minimum absolute atomic E-state index is 0.253. The topological polar surface area (TPSA) is 81.3 Å². The average Bonchev–Trinajstić information content (AvgIpc) is 3.08. The van der Waals surface area contributed by atoms with Crippen LogP contribution in [0.1, 0.15) is 32.7 Å². The number of primary amides is 1. The Kier molecular flexibility index (Phi) is 6.14. The maximum atomic E-state index is 13.4. The Hall–Kier alpha value is -4.26. The lowest BCUT2D eigenvalue weighted by Crippen LogP contribution is -2.28. The van der Waals surface area contributed by atoms with Crippen molar-refractivity contribution >= 4 is 11.7 Å². The smallest absolute Gasteiger partial charge is 0.248 e. The second kappa shape index (κ2) is 9.54. The zero-order valence-corrected chi connectivity index (χ0v) is 19.4. The van der Waals surface area contributed by atoms with Crippen LogP contribution in [0.2, 0.25) is 0 Å². The minimum Gasteiger partial charge on any atom is -0.491 e. The van der Waals surface area contributed by atoms with E-state index < -0.39 is 5.91 Å². The minimum atomic E-state index is -0.445. The molecule has 0 unspecified atom stereocenters. The highest BCUT2D eigenvalue weighted by molar-refractivity contribution is 5.93. The molecular formula is C28H25FN4O2. The molecule has 0 saturated carbocycles. The lowest BCUT2D eigenvalue weighted by molar-refractivity contribution is 0.100. The lowest BCUT2D eigenvalue weighted by Gasteiger charge is -2.24. The molecule has 0 atom stereocenters. The average molecular weight is 469 g/mol. The number of aromatic nitrogens is 2. The molecule has 7 heteroatoms. The summed E-state index contributed by atoms with van der Waals surface area (Å²) in [5.74, 6) is 1.00. The molecule has 1 aromatic heterocycles. The summed E-state index contributed by atoms with van der Waals surface area (Å²) in [7, 11) is 0. The van der Waals surface area contributed by atoms with Crippen LogP contribution >= 0.6 is 0 Å². The number of amides is 1. The van der Waals surface area contributed by atoms with Crippen LogP contribution in [0.15, 0.2) is 73.1 Å². The Morgan fingerprint density at radius 1 is 1.03 bits per heavy atom. The van der Waals surface area contributed by atoms with Crippen LogP contribution in [0.25, 0.3) is 11.1 Å². The Balaban J connectivity index is 1.46. The maximum absolute atomic E-state index is 13.4. The van der Waals surface area contributed by atoms with E-state index in [1.54, 1.807) is 30.6 Å². The molecule has 0 aliphatic carbocycles. The first-order chi connectivity index (χ1) is 17.0. The van der Waals surface area contributed by atoms with Crippen LogP contribution in [0.5, 0.6) is 5.75 Å². The number of nitrogens with zero attached hydrogens (tertiary/aromatic N) is 3. The van der Waals surface area contributed by atoms with Crippen LogP contribution < -0.4 is 15.4 Å². The number of fused-ring (bicyclic) bond motifs is 1. The Morgan fingerprint density at radius 2 is 1.77 bits per heavy atom. The van der Waals surface area contributed by atoms with Crippen molar-refractivity contribution < 1.29 is 13.9 Å². The van der Waals surface area contributed by atoms with E-state index >= 15 is 0 Å². The molecular weight excluding hydrogens is 443 g/mol. The summed E-state index contributed by atoms with van der Waals surface area (Å²) >= 11 is 0. The zero-order valence-electron chi connectivity index (χ0n) is 19.4. The standard InChI is InChI=1S/C28H25FN4O2/c1-18-25(14-19-2-9-24(29)10-3-19)28(32-17-31-18)33-12-13-35-26-11-8-22(15-23(26)16-33)20-4-6-21(7-5-20)27(30)34/h2-11,15,17H,12-14,16H2,1H3,(H2,30,34). The number of rotatable bonds is 5. The monoisotopic (exact) mass is 468 g/mol. The number of hydrogen-bond donors (Lipinski definition) is 1. The zero-order chi connectivity index (χ0) is 24.4. The van der Waals surface area contributed by atoms with Gasteiger partial charge in [-0.05, 0) is 60.0 Å². The fraction of sp³-hybridized carbons (Fsp3) is 0.179. The van der Waals surface area contributed by atoms with Crippen LogP contribution in [0, 0.1) is 12.7 Å². The van der Waals surface area contributed by atoms with Gasteiger partial charge >= 0.3 is 0 Å². The Bertz CT molecular complexity index is 1370. The van der Waals surface area contributed by atoms with Crippen LogP contribution in [-0.2, 0) is 13.0 Å². The van der Waals surface area contributed by atoms with Crippen LogP contribution in [0.3, 0.4) is 0 Å². The van der Waals surface area contributed by atoms with Gasteiger partial charge in [0, 0.05) is 35.3 Å². The summed E-state index contributed by atoms with van der Waals surface area (Å²) in [6.45, 7) is 3.79. The number of anilines is 1. The molecule has 1 aliphatic rings. The van der Waals surface area contributed by atoms with Crippen molar-refractivity contribution in [3.63, 3.8) is 0 Å². The molecule has 35 heavy (non-hydrogen) atoms. The van der Waals surface area contributed by atoms with Crippen molar-refractivity contribution in [3.8, 4) is 16.9 Å². The molecule has 6 nitrogen and oxygen atoms in total. The number of aryl methyl sites for hydroxylation is 1. The van der Waals surface area contributed by atoms with Gasteiger partial charge in [-0.15, -0.1) is 0 Å². The highest BCUT2D eigenvalue weighted by Gasteiger charge is 2.21. The molecule has 1 amide bonds. The predicted molar refractivity (Wildman–Crippen MR) is 133 cm³/mol. The van der Waals surface area contributed by atoms with E-state index in [2.05, 4.69) is 20.9 Å². The van der Waals surface area contributed by atoms with Gasteiger partial charge in [-0.25, -0.2) is 14.4 Å². The molecule has 0 spiro atoms. The van der Waals surface area contributed by atoms with Crippen molar-refractivity contribution in [1.29, 1.82) is 0 Å². The van der Waals surface area contributed by atoms with Crippen LogP contribution in [-0.4, -0.2) is 29.0 Å². The van der Waals surface area contributed by atoms with Gasteiger partial charge in [-0.1, -0.05) is 30.3 Å². The second-order valence-corrected chi connectivity index (χ2v) is 8.60. The third-order valence-corrected chi connectivity index (χ3v) is 6.27. The molecule has 5 rings (SSSR count). The number of benzene rings is 3. The first-order valence-electron chi connectivity index (χ1n) is 11.4. The largest absolute Gasteiger partial charge is 0.491 e. The van der Waals surface area contributed by atoms with Gasteiger partial charge in [0.05, 0.1) is 6.54 Å². The van der Waals surface area contributed by atoms with Gasteiger partial charge in [0.2, 0.25) is 5.91 Å². The molecule has 0 bridgehead atoms. The lowest BCUT2D eigenvalue weighted by atomic mass is 10.0. The normalized spacial score (nSPS) is 13.0. The van der Waals surface area contributed by atoms with Crippen molar-refractivity contribution in [1.82, 2.24) is 9.97 Å². The third kappa shape index (κ3) is 4.84. The molecule has 0 radical (unpaired) electrons. The molecule has 176 valence electrons. The summed E-state index contributed by atoms with van der Waals surface area (Å²) in [6.07, 6.45) is 2.20. The molecule has 0 saturated heterocycles. The van der Waals surface area contributed by atoms with E-state index in [0.29, 0.717) is 31.7 Å². The number of nitrogens with two attached hydrogens (primary N) is 1. The molecule has 3 aromatic carbocycles. The van der Waals surface area contributed by atoms with E-state index in [1.165, 1.54) is 12.1 Å². The number of ether oxygens (including phenoxy) is 1. The summed E-state index contributed by atoms with van der Waals surface area (Å²) in [4.78, 5) is 22.7. The highest BCUT2D eigenvalue weighted by atomic mass is 19.1. The molecule has 1 aliphatic heterocycles. The van der Waals surface area contributed by atoms with Crippen LogP contribution in [0.4, 0.5) is 10.2 Å². The Labute approximate surface area is 203 Å². The fourth-order valence-corrected chi connectivity index (χ4v) is 4.36.